The number of nitrogens with one attached hydrogen (secondary N) is 1. The number of nitrogens with zero attached hydrogens (tertiary/aromatic N) is 1. The molecule has 1 saturated heterocycles. The second kappa shape index (κ2) is 9.68. The Bertz CT molecular complexity index is 1160. The van der Waals surface area contributed by atoms with Gasteiger partial charge >= 0.3 is 0 Å². The van der Waals surface area contributed by atoms with Gasteiger partial charge in [0, 0.05) is 25.3 Å². The summed E-state index contributed by atoms with van der Waals surface area (Å²) < 4.78 is 63.2. The molecule has 0 aliphatic carbocycles. The van der Waals surface area contributed by atoms with Crippen molar-refractivity contribution in [2.45, 2.75) is 42.0 Å². The van der Waals surface area contributed by atoms with Crippen molar-refractivity contribution in [1.29, 1.82) is 0 Å². The highest BCUT2D eigenvalue weighted by atomic mass is 32.2. The molecule has 0 saturated carbocycles. The van der Waals surface area contributed by atoms with Crippen molar-refractivity contribution in [3.05, 3.63) is 59.9 Å². The molecule has 1 heterocycles. The van der Waals surface area contributed by atoms with Crippen molar-refractivity contribution in [3.63, 3.8) is 0 Å². The molecular weight excluding hydrogens is 455 g/mol. The molecule has 0 radical (unpaired) electrons. The number of sulfonamides is 1. The van der Waals surface area contributed by atoms with E-state index >= 15 is 0 Å². The lowest BCUT2D eigenvalue weighted by Gasteiger charge is -2.31. The van der Waals surface area contributed by atoms with E-state index in [0.29, 0.717) is 19.3 Å². The number of piperidine rings is 1. The van der Waals surface area contributed by atoms with Crippen LogP contribution in [-0.4, -0.2) is 46.4 Å². The first kappa shape index (κ1) is 24.3. The number of rotatable bonds is 7. The molecule has 1 N–H and O–H groups in total. The second-order valence-electron chi connectivity index (χ2n) is 7.94. The molecule has 2 aromatic rings. The quantitative estimate of drug-likeness (QED) is 0.654. The molecule has 3 rings (SSSR count). The Morgan fingerprint density at radius 2 is 1.53 bits per heavy atom. The highest BCUT2D eigenvalue weighted by Crippen LogP contribution is 2.26. The van der Waals surface area contributed by atoms with Gasteiger partial charge in [0.05, 0.1) is 15.8 Å². The third-order valence-corrected chi connectivity index (χ3v) is 8.75. The van der Waals surface area contributed by atoms with Gasteiger partial charge in [-0.25, -0.2) is 21.2 Å². The molecule has 0 aromatic heterocycles. The number of benzene rings is 2. The van der Waals surface area contributed by atoms with E-state index in [1.807, 2.05) is 6.92 Å². The molecule has 0 bridgehead atoms. The van der Waals surface area contributed by atoms with Crippen LogP contribution >= 0.6 is 0 Å². The zero-order chi connectivity index (χ0) is 23.5. The first-order valence-electron chi connectivity index (χ1n) is 10.4. The van der Waals surface area contributed by atoms with Gasteiger partial charge < -0.3 is 5.32 Å². The molecule has 1 fully saturated rings. The monoisotopic (exact) mass is 482 g/mol. The van der Waals surface area contributed by atoms with Crippen LogP contribution in [0.3, 0.4) is 0 Å². The molecule has 1 aliphatic rings. The molecular formula is C22H27FN2O5S2. The minimum Gasteiger partial charge on any atom is -0.349 e. The lowest BCUT2D eigenvalue weighted by atomic mass is 9.96. The van der Waals surface area contributed by atoms with Crippen LogP contribution in [-0.2, 0) is 24.7 Å². The van der Waals surface area contributed by atoms with Crippen molar-refractivity contribution in [2.75, 3.05) is 19.3 Å². The Balaban J connectivity index is 1.61. The van der Waals surface area contributed by atoms with Crippen molar-refractivity contribution >= 4 is 25.8 Å². The van der Waals surface area contributed by atoms with Crippen LogP contribution in [0.1, 0.15) is 37.8 Å². The summed E-state index contributed by atoms with van der Waals surface area (Å²) in [6.45, 7) is 2.34. The predicted octanol–water partition coefficient (Wildman–Crippen LogP) is 2.90. The Kier molecular flexibility index (Phi) is 7.36. The standard InChI is InChI=1S/C22H27FN2O5S2/c1-3-21(16-4-8-19(9-5-16)31(2,27)28)24-22(26)17-12-14-25(15-13-17)32(29,30)20-10-6-18(23)7-11-20/h4-11,17,21H,3,12-15H2,1-2H3,(H,24,26)/t21-/m1/s1. The summed E-state index contributed by atoms with van der Waals surface area (Å²) in [5.74, 6) is -0.974. The number of sulfone groups is 1. The first-order chi connectivity index (χ1) is 15.0. The molecule has 1 aliphatic heterocycles. The van der Waals surface area contributed by atoms with Crippen molar-refractivity contribution in [2.24, 2.45) is 5.92 Å². The maximum atomic E-state index is 13.1. The summed E-state index contributed by atoms with van der Waals surface area (Å²) in [6, 6.07) is 10.9. The molecule has 1 amide bonds. The fourth-order valence-corrected chi connectivity index (χ4v) is 5.87. The topological polar surface area (TPSA) is 101 Å². The average Bonchev–Trinajstić information content (AvgIpc) is 2.77. The number of hydrogen-bond donors (Lipinski definition) is 1. The van der Waals surface area contributed by atoms with E-state index in [1.54, 1.807) is 12.1 Å². The van der Waals surface area contributed by atoms with Crippen LogP contribution in [0.25, 0.3) is 0 Å². The highest BCUT2D eigenvalue weighted by molar-refractivity contribution is 7.90. The molecule has 0 spiro atoms. The second-order valence-corrected chi connectivity index (χ2v) is 11.9. The number of carbonyl (C=O) groups excluding carboxylic acids is 1. The summed E-state index contributed by atoms with van der Waals surface area (Å²) >= 11 is 0. The number of amides is 1. The summed E-state index contributed by atoms with van der Waals surface area (Å²) in [5, 5.41) is 3.00. The van der Waals surface area contributed by atoms with E-state index < -0.39 is 25.7 Å². The fraction of sp³-hybridized carbons (Fsp3) is 0.409. The van der Waals surface area contributed by atoms with Crippen molar-refractivity contribution in [1.82, 2.24) is 9.62 Å². The van der Waals surface area contributed by atoms with E-state index in [-0.39, 0.29) is 40.7 Å². The van der Waals surface area contributed by atoms with Gasteiger partial charge in [0.25, 0.3) is 0 Å². The third kappa shape index (κ3) is 5.54. The number of hydrogen-bond acceptors (Lipinski definition) is 5. The Hall–Kier alpha value is -2.30. The van der Waals surface area contributed by atoms with Crippen LogP contribution in [0.5, 0.6) is 0 Å². The SMILES string of the molecule is CC[C@@H](NC(=O)C1CCN(S(=O)(=O)c2ccc(F)cc2)CC1)c1ccc(S(C)(=O)=O)cc1. The third-order valence-electron chi connectivity index (χ3n) is 5.71. The minimum absolute atomic E-state index is 0.0328. The lowest BCUT2D eigenvalue weighted by Crippen LogP contribution is -2.43. The molecule has 7 nitrogen and oxygen atoms in total. The van der Waals surface area contributed by atoms with Gasteiger partial charge in [-0.05, 0) is 61.2 Å². The van der Waals surface area contributed by atoms with Gasteiger partial charge in [-0.3, -0.25) is 4.79 Å². The normalized spacial score (nSPS) is 17.1. The van der Waals surface area contributed by atoms with E-state index in [0.717, 1.165) is 24.0 Å². The van der Waals surface area contributed by atoms with E-state index in [2.05, 4.69) is 5.32 Å². The summed E-state index contributed by atoms with van der Waals surface area (Å²) in [7, 11) is -7.02. The molecule has 174 valence electrons. The van der Waals surface area contributed by atoms with E-state index in [4.69, 9.17) is 0 Å². The van der Waals surface area contributed by atoms with Gasteiger partial charge in [0.15, 0.2) is 9.84 Å². The Morgan fingerprint density at radius 3 is 2.03 bits per heavy atom. The average molecular weight is 483 g/mol. The predicted molar refractivity (Wildman–Crippen MR) is 119 cm³/mol. The van der Waals surface area contributed by atoms with Gasteiger partial charge in [0.2, 0.25) is 15.9 Å². The lowest BCUT2D eigenvalue weighted by molar-refractivity contribution is -0.126. The summed E-state index contributed by atoms with van der Waals surface area (Å²) in [4.78, 5) is 13.1. The van der Waals surface area contributed by atoms with Crippen LogP contribution in [0.4, 0.5) is 4.39 Å². The summed E-state index contributed by atoms with van der Waals surface area (Å²) in [6.07, 6.45) is 2.54. The van der Waals surface area contributed by atoms with Gasteiger partial charge in [-0.1, -0.05) is 19.1 Å². The van der Waals surface area contributed by atoms with Gasteiger partial charge in [-0.2, -0.15) is 4.31 Å². The molecule has 10 heteroatoms. The molecule has 1 atom stereocenters. The van der Waals surface area contributed by atoms with Crippen LogP contribution in [0.15, 0.2) is 58.3 Å². The minimum atomic E-state index is -3.73. The Labute approximate surface area is 188 Å². The van der Waals surface area contributed by atoms with Crippen molar-refractivity contribution in [3.8, 4) is 0 Å². The Morgan fingerprint density at radius 1 is 1.00 bits per heavy atom. The number of carbonyl (C=O) groups is 1. The fourth-order valence-electron chi connectivity index (χ4n) is 3.77. The largest absolute Gasteiger partial charge is 0.349 e. The maximum Gasteiger partial charge on any atom is 0.243 e. The zero-order valence-corrected chi connectivity index (χ0v) is 19.6. The van der Waals surface area contributed by atoms with Crippen LogP contribution in [0, 0.1) is 11.7 Å². The molecule has 32 heavy (non-hydrogen) atoms. The van der Waals surface area contributed by atoms with Gasteiger partial charge in [0.1, 0.15) is 5.82 Å². The van der Waals surface area contributed by atoms with E-state index in [9.17, 15) is 26.0 Å². The summed E-state index contributed by atoms with van der Waals surface area (Å²) in [5.41, 5.74) is 0.810. The van der Waals surface area contributed by atoms with E-state index in [1.165, 1.54) is 28.6 Å². The van der Waals surface area contributed by atoms with Crippen molar-refractivity contribution < 1.29 is 26.0 Å². The first-order valence-corrected chi connectivity index (χ1v) is 13.7. The van der Waals surface area contributed by atoms with Crippen LogP contribution < -0.4 is 5.32 Å². The van der Waals surface area contributed by atoms with Gasteiger partial charge in [-0.15, -0.1) is 0 Å². The zero-order valence-electron chi connectivity index (χ0n) is 18.0. The highest BCUT2D eigenvalue weighted by Gasteiger charge is 2.32. The molecule has 2 aromatic carbocycles. The smallest absolute Gasteiger partial charge is 0.243 e. The van der Waals surface area contributed by atoms with Crippen LogP contribution in [0.2, 0.25) is 0 Å². The molecule has 0 unspecified atom stereocenters. The number of halogens is 1. The maximum absolute atomic E-state index is 13.1.